The monoisotopic (exact) mass is 298 g/mol. The first kappa shape index (κ1) is 15.1. The summed E-state index contributed by atoms with van der Waals surface area (Å²) < 4.78 is 0. The summed E-state index contributed by atoms with van der Waals surface area (Å²) in [5.41, 5.74) is 1.64. The number of hydrogen-bond donors (Lipinski definition) is 1. The van der Waals surface area contributed by atoms with E-state index < -0.39 is 5.97 Å². The molecule has 0 fully saturated rings. The number of aromatic carboxylic acids is 1. The van der Waals surface area contributed by atoms with Crippen molar-refractivity contribution in [1.82, 2.24) is 0 Å². The van der Waals surface area contributed by atoms with Crippen LogP contribution in [0.4, 0.5) is 0 Å². The largest absolute Gasteiger partial charge is 0.478 e. The number of thioether (sulfide) groups is 1. The Bertz CT molecular complexity index is 670. The lowest BCUT2D eigenvalue weighted by atomic mass is 10.1. The summed E-state index contributed by atoms with van der Waals surface area (Å²) in [6.07, 6.45) is 5.15. The highest BCUT2D eigenvalue weighted by molar-refractivity contribution is 7.98. The fraction of sp³-hybridized carbons (Fsp3) is 0.0588. The third-order valence-electron chi connectivity index (χ3n) is 2.96. The highest BCUT2D eigenvalue weighted by atomic mass is 32.2. The molecule has 0 radical (unpaired) electrons. The van der Waals surface area contributed by atoms with Crippen molar-refractivity contribution in [1.29, 1.82) is 0 Å². The fourth-order valence-corrected chi connectivity index (χ4v) is 2.17. The van der Waals surface area contributed by atoms with E-state index in [9.17, 15) is 9.59 Å². The third-order valence-corrected chi connectivity index (χ3v) is 3.70. The molecule has 2 aromatic carbocycles. The van der Waals surface area contributed by atoms with Crippen molar-refractivity contribution in [2.24, 2.45) is 0 Å². The SMILES string of the molecule is CSc1ccc(C(=O)C=Cc2ccc(C(=O)O)cc2)cc1. The molecule has 0 aliphatic heterocycles. The van der Waals surface area contributed by atoms with Gasteiger partial charge in [-0.3, -0.25) is 4.79 Å². The number of rotatable bonds is 5. The van der Waals surface area contributed by atoms with Crippen LogP contribution in [0, 0.1) is 0 Å². The van der Waals surface area contributed by atoms with E-state index in [1.54, 1.807) is 42.1 Å². The Kier molecular flexibility index (Phi) is 4.95. The van der Waals surface area contributed by atoms with Gasteiger partial charge >= 0.3 is 5.97 Å². The van der Waals surface area contributed by atoms with Crippen LogP contribution in [0.5, 0.6) is 0 Å². The number of carbonyl (C=O) groups excluding carboxylic acids is 1. The van der Waals surface area contributed by atoms with Gasteiger partial charge in [0, 0.05) is 10.5 Å². The number of carboxylic acids is 1. The lowest BCUT2D eigenvalue weighted by Gasteiger charge is -1.99. The summed E-state index contributed by atoms with van der Waals surface area (Å²) in [7, 11) is 0. The molecule has 21 heavy (non-hydrogen) atoms. The summed E-state index contributed by atoms with van der Waals surface area (Å²) in [5, 5.41) is 8.81. The number of benzene rings is 2. The maximum Gasteiger partial charge on any atom is 0.335 e. The Morgan fingerprint density at radius 1 is 0.952 bits per heavy atom. The molecule has 0 heterocycles. The maximum atomic E-state index is 12.0. The van der Waals surface area contributed by atoms with Gasteiger partial charge in [0.05, 0.1) is 5.56 Å². The molecule has 0 atom stereocenters. The average Bonchev–Trinajstić information content (AvgIpc) is 2.53. The van der Waals surface area contributed by atoms with Crippen molar-refractivity contribution < 1.29 is 14.7 Å². The first-order valence-corrected chi connectivity index (χ1v) is 7.52. The quantitative estimate of drug-likeness (QED) is 0.515. The topological polar surface area (TPSA) is 54.4 Å². The van der Waals surface area contributed by atoms with E-state index in [0.29, 0.717) is 5.56 Å². The van der Waals surface area contributed by atoms with E-state index in [-0.39, 0.29) is 11.3 Å². The van der Waals surface area contributed by atoms with Gasteiger partial charge < -0.3 is 5.11 Å². The lowest BCUT2D eigenvalue weighted by Crippen LogP contribution is -1.95. The molecular weight excluding hydrogens is 284 g/mol. The zero-order valence-corrected chi connectivity index (χ0v) is 12.3. The first-order valence-electron chi connectivity index (χ1n) is 6.30. The molecule has 2 rings (SSSR count). The van der Waals surface area contributed by atoms with Gasteiger partial charge in [-0.15, -0.1) is 11.8 Å². The van der Waals surface area contributed by atoms with Gasteiger partial charge in [0.15, 0.2) is 5.78 Å². The number of carboxylic acid groups (broad SMARTS) is 1. The van der Waals surface area contributed by atoms with Crippen LogP contribution in [0.3, 0.4) is 0 Å². The number of carbonyl (C=O) groups is 2. The van der Waals surface area contributed by atoms with Crippen LogP contribution >= 0.6 is 11.8 Å². The van der Waals surface area contributed by atoms with Crippen LogP contribution in [-0.2, 0) is 0 Å². The molecule has 0 bridgehead atoms. The number of ketones is 1. The van der Waals surface area contributed by atoms with E-state index in [4.69, 9.17) is 5.11 Å². The second-order valence-corrected chi connectivity index (χ2v) is 5.23. The normalized spacial score (nSPS) is 10.7. The van der Waals surface area contributed by atoms with Crippen LogP contribution in [-0.4, -0.2) is 23.1 Å². The van der Waals surface area contributed by atoms with Crippen LogP contribution in [0.15, 0.2) is 59.5 Å². The van der Waals surface area contributed by atoms with Crippen LogP contribution in [0.2, 0.25) is 0 Å². The molecule has 0 aromatic heterocycles. The molecule has 0 aliphatic carbocycles. The van der Waals surface area contributed by atoms with Gasteiger partial charge in [-0.1, -0.05) is 18.2 Å². The minimum atomic E-state index is -0.963. The van der Waals surface area contributed by atoms with Crippen molar-refractivity contribution in [3.8, 4) is 0 Å². The Morgan fingerprint density at radius 2 is 1.52 bits per heavy atom. The number of hydrogen-bond acceptors (Lipinski definition) is 3. The second-order valence-electron chi connectivity index (χ2n) is 4.35. The molecule has 0 saturated carbocycles. The molecular formula is C17H14O3S. The molecule has 4 heteroatoms. The standard InChI is InChI=1S/C17H14O3S/c1-21-15-9-7-13(8-10-15)16(18)11-4-12-2-5-14(6-3-12)17(19)20/h2-11H,1H3,(H,19,20). The van der Waals surface area contributed by atoms with E-state index in [0.717, 1.165) is 10.5 Å². The molecule has 0 aliphatic rings. The van der Waals surface area contributed by atoms with Crippen LogP contribution in [0.25, 0.3) is 6.08 Å². The van der Waals surface area contributed by atoms with Crippen LogP contribution < -0.4 is 0 Å². The Morgan fingerprint density at radius 3 is 2.05 bits per heavy atom. The minimum absolute atomic E-state index is 0.0787. The predicted molar refractivity (Wildman–Crippen MR) is 85.0 cm³/mol. The maximum absolute atomic E-state index is 12.0. The van der Waals surface area contributed by atoms with Gasteiger partial charge in [-0.05, 0) is 54.3 Å². The molecule has 106 valence electrons. The lowest BCUT2D eigenvalue weighted by molar-refractivity contribution is 0.0696. The highest BCUT2D eigenvalue weighted by Crippen LogP contribution is 2.15. The van der Waals surface area contributed by atoms with Crippen molar-refractivity contribution in [2.75, 3.05) is 6.26 Å². The van der Waals surface area contributed by atoms with E-state index >= 15 is 0 Å². The van der Waals surface area contributed by atoms with Gasteiger partial charge in [0.25, 0.3) is 0 Å². The first-order chi connectivity index (χ1) is 10.1. The number of allylic oxidation sites excluding steroid dienone is 1. The highest BCUT2D eigenvalue weighted by Gasteiger charge is 2.03. The summed E-state index contributed by atoms with van der Waals surface area (Å²) in [6.45, 7) is 0. The Labute approximate surface area is 127 Å². The zero-order chi connectivity index (χ0) is 15.2. The fourth-order valence-electron chi connectivity index (χ4n) is 1.76. The van der Waals surface area contributed by atoms with Crippen molar-refractivity contribution >= 4 is 29.6 Å². The molecule has 0 amide bonds. The summed E-state index contributed by atoms with van der Waals surface area (Å²) in [4.78, 5) is 23.9. The van der Waals surface area contributed by atoms with Gasteiger partial charge in [0.1, 0.15) is 0 Å². The third kappa shape index (κ3) is 4.07. The van der Waals surface area contributed by atoms with Gasteiger partial charge in [0.2, 0.25) is 0 Å². The van der Waals surface area contributed by atoms with Crippen molar-refractivity contribution in [3.63, 3.8) is 0 Å². The predicted octanol–water partition coefficient (Wildman–Crippen LogP) is 4.00. The van der Waals surface area contributed by atoms with Gasteiger partial charge in [-0.25, -0.2) is 4.79 Å². The van der Waals surface area contributed by atoms with Crippen molar-refractivity contribution in [3.05, 3.63) is 71.3 Å². The Balaban J connectivity index is 2.08. The van der Waals surface area contributed by atoms with Gasteiger partial charge in [-0.2, -0.15) is 0 Å². The smallest absolute Gasteiger partial charge is 0.335 e. The summed E-state index contributed by atoms with van der Waals surface area (Å²) in [6, 6.07) is 13.8. The second kappa shape index (κ2) is 6.90. The molecule has 2 aromatic rings. The van der Waals surface area contributed by atoms with E-state index in [2.05, 4.69) is 0 Å². The molecule has 1 N–H and O–H groups in total. The van der Waals surface area contributed by atoms with E-state index in [1.807, 2.05) is 18.4 Å². The molecule has 3 nitrogen and oxygen atoms in total. The van der Waals surface area contributed by atoms with E-state index in [1.165, 1.54) is 18.2 Å². The molecule has 0 unspecified atom stereocenters. The molecule has 0 saturated heterocycles. The average molecular weight is 298 g/mol. The minimum Gasteiger partial charge on any atom is -0.478 e. The van der Waals surface area contributed by atoms with Crippen molar-refractivity contribution in [2.45, 2.75) is 4.90 Å². The molecule has 0 spiro atoms. The summed E-state index contributed by atoms with van der Waals surface area (Å²) >= 11 is 1.63. The Hall–Kier alpha value is -2.33. The summed E-state index contributed by atoms with van der Waals surface area (Å²) in [5.74, 6) is -1.04. The van der Waals surface area contributed by atoms with Crippen LogP contribution in [0.1, 0.15) is 26.3 Å². The zero-order valence-electron chi connectivity index (χ0n) is 11.4.